The van der Waals surface area contributed by atoms with Crippen molar-refractivity contribution in [3.63, 3.8) is 0 Å². The highest BCUT2D eigenvalue weighted by molar-refractivity contribution is 6.08. The van der Waals surface area contributed by atoms with Crippen LogP contribution in [0.5, 0.6) is 0 Å². The monoisotopic (exact) mass is 381 g/mol. The fourth-order valence-electron chi connectivity index (χ4n) is 3.28. The highest BCUT2D eigenvalue weighted by Gasteiger charge is 2.45. The minimum Gasteiger partial charge on any atom is -0.478 e. The lowest BCUT2D eigenvalue weighted by Crippen LogP contribution is -2.36. The average Bonchev–Trinajstić information content (AvgIpc) is 2.76. The molecule has 0 unspecified atom stereocenters. The molecular formula is C19H15F4NO3. The number of fused-ring (bicyclic) bond motifs is 1. The third-order valence-corrected chi connectivity index (χ3v) is 4.73. The van der Waals surface area contributed by atoms with E-state index in [1.807, 2.05) is 0 Å². The average molecular weight is 381 g/mol. The molecule has 0 atom stereocenters. The molecule has 4 nitrogen and oxygen atoms in total. The van der Waals surface area contributed by atoms with Crippen LogP contribution in [-0.4, -0.2) is 17.0 Å². The summed E-state index contributed by atoms with van der Waals surface area (Å²) in [6.45, 7) is 2.51. The summed E-state index contributed by atoms with van der Waals surface area (Å²) in [6, 6.07) is 6.60. The largest absolute Gasteiger partial charge is 0.478 e. The zero-order valence-corrected chi connectivity index (χ0v) is 14.4. The Hall–Kier alpha value is -2.90. The van der Waals surface area contributed by atoms with Crippen molar-refractivity contribution in [2.75, 3.05) is 4.90 Å². The van der Waals surface area contributed by atoms with Gasteiger partial charge in [0.1, 0.15) is 5.82 Å². The van der Waals surface area contributed by atoms with Gasteiger partial charge in [0.25, 0.3) is 0 Å². The number of hydrogen-bond acceptors (Lipinski definition) is 2. The van der Waals surface area contributed by atoms with Gasteiger partial charge in [-0.25, -0.2) is 9.18 Å². The SMILES string of the molecule is CC1(C)C(=O)N(Cc2c(F)cccc2C(F)(F)F)c2cc(C(=O)O)ccc21. The Morgan fingerprint density at radius 2 is 1.85 bits per heavy atom. The van der Waals surface area contributed by atoms with E-state index in [9.17, 15) is 32.3 Å². The van der Waals surface area contributed by atoms with Crippen LogP contribution in [0.2, 0.25) is 0 Å². The molecule has 1 N–H and O–H groups in total. The standard InChI is InChI=1S/C19H15F4NO3/c1-18(2)13-7-6-10(16(25)26)8-15(13)24(17(18)27)9-11-12(19(21,22)23)4-3-5-14(11)20/h3-8H,9H2,1-2H3,(H,25,26). The first kappa shape index (κ1) is 18.9. The number of carbonyl (C=O) groups is 2. The zero-order chi connectivity index (χ0) is 20.1. The van der Waals surface area contributed by atoms with E-state index in [1.165, 1.54) is 18.2 Å². The van der Waals surface area contributed by atoms with Crippen LogP contribution < -0.4 is 4.90 Å². The summed E-state index contributed by atoms with van der Waals surface area (Å²) in [5.74, 6) is -2.86. The Balaban J connectivity index is 2.14. The van der Waals surface area contributed by atoms with Gasteiger partial charge in [0.05, 0.1) is 23.1 Å². The molecule has 1 heterocycles. The Bertz CT molecular complexity index is 950. The van der Waals surface area contributed by atoms with Crippen LogP contribution in [0.25, 0.3) is 0 Å². The van der Waals surface area contributed by atoms with E-state index in [4.69, 9.17) is 0 Å². The van der Waals surface area contributed by atoms with Crippen LogP contribution in [-0.2, 0) is 22.9 Å². The predicted octanol–water partition coefficient (Wildman–Crippen LogP) is 4.37. The molecule has 2 aromatic carbocycles. The van der Waals surface area contributed by atoms with Crippen molar-refractivity contribution in [3.8, 4) is 0 Å². The molecule has 8 heteroatoms. The Labute approximate surface area is 152 Å². The number of amides is 1. The number of alkyl halides is 3. The van der Waals surface area contributed by atoms with Crippen molar-refractivity contribution < 1.29 is 32.3 Å². The Kier molecular flexibility index (Phi) is 4.25. The highest BCUT2D eigenvalue weighted by Crippen LogP contribution is 2.44. The summed E-state index contributed by atoms with van der Waals surface area (Å²) in [5, 5.41) is 9.17. The number of carboxylic acids is 1. The molecule has 1 amide bonds. The van der Waals surface area contributed by atoms with Gasteiger partial charge in [-0.2, -0.15) is 13.2 Å². The van der Waals surface area contributed by atoms with Gasteiger partial charge in [0, 0.05) is 11.3 Å². The molecule has 0 aromatic heterocycles. The molecule has 27 heavy (non-hydrogen) atoms. The van der Waals surface area contributed by atoms with Crippen LogP contribution in [0, 0.1) is 5.82 Å². The van der Waals surface area contributed by atoms with Crippen LogP contribution in [0.4, 0.5) is 23.2 Å². The smallest absolute Gasteiger partial charge is 0.416 e. The van der Waals surface area contributed by atoms with E-state index >= 15 is 0 Å². The lowest BCUT2D eigenvalue weighted by Gasteiger charge is -2.23. The number of hydrogen-bond donors (Lipinski definition) is 1. The number of benzene rings is 2. The van der Waals surface area contributed by atoms with E-state index in [-0.39, 0.29) is 11.3 Å². The van der Waals surface area contributed by atoms with Gasteiger partial charge in [-0.15, -0.1) is 0 Å². The summed E-state index contributed by atoms with van der Waals surface area (Å²) in [4.78, 5) is 25.1. The normalized spacial score (nSPS) is 15.8. The number of carbonyl (C=O) groups excluding carboxylic acids is 1. The number of nitrogens with zero attached hydrogens (tertiary/aromatic N) is 1. The van der Waals surface area contributed by atoms with E-state index in [0.717, 1.165) is 23.1 Å². The Morgan fingerprint density at radius 3 is 2.44 bits per heavy atom. The molecule has 0 saturated heterocycles. The van der Waals surface area contributed by atoms with Crippen LogP contribution in [0.1, 0.15) is 40.9 Å². The van der Waals surface area contributed by atoms with Crippen molar-refractivity contribution in [3.05, 3.63) is 64.5 Å². The second-order valence-corrected chi connectivity index (χ2v) is 6.82. The molecule has 1 aliphatic heterocycles. The summed E-state index contributed by atoms with van der Waals surface area (Å²) in [7, 11) is 0. The third kappa shape index (κ3) is 3.05. The predicted molar refractivity (Wildman–Crippen MR) is 89.0 cm³/mol. The quantitative estimate of drug-likeness (QED) is 0.804. The van der Waals surface area contributed by atoms with E-state index in [0.29, 0.717) is 5.56 Å². The van der Waals surface area contributed by atoms with Crippen molar-refractivity contribution in [1.29, 1.82) is 0 Å². The number of carboxylic acid groups (broad SMARTS) is 1. The molecular weight excluding hydrogens is 366 g/mol. The van der Waals surface area contributed by atoms with Crippen LogP contribution in [0.3, 0.4) is 0 Å². The summed E-state index contributed by atoms with van der Waals surface area (Å²) in [5.41, 5.74) is -2.38. The molecule has 0 fully saturated rings. The summed E-state index contributed by atoms with van der Waals surface area (Å²) in [6.07, 6.45) is -4.79. The van der Waals surface area contributed by atoms with Gasteiger partial charge < -0.3 is 10.0 Å². The second kappa shape index (κ2) is 6.07. The maximum absolute atomic E-state index is 14.2. The first-order valence-corrected chi connectivity index (χ1v) is 7.99. The molecule has 0 radical (unpaired) electrons. The van der Waals surface area contributed by atoms with Crippen molar-refractivity contribution in [2.45, 2.75) is 32.0 Å². The maximum Gasteiger partial charge on any atom is 0.416 e. The number of aromatic carboxylic acids is 1. The third-order valence-electron chi connectivity index (χ3n) is 4.73. The van der Waals surface area contributed by atoms with E-state index < -0.39 is 47.0 Å². The van der Waals surface area contributed by atoms with Crippen molar-refractivity contribution >= 4 is 17.6 Å². The topological polar surface area (TPSA) is 57.6 Å². The summed E-state index contributed by atoms with van der Waals surface area (Å²) >= 11 is 0. The molecule has 2 aromatic rings. The van der Waals surface area contributed by atoms with E-state index in [1.54, 1.807) is 13.8 Å². The molecule has 1 aliphatic rings. The number of rotatable bonds is 3. The van der Waals surface area contributed by atoms with Gasteiger partial charge in [0.2, 0.25) is 5.91 Å². The fourth-order valence-corrected chi connectivity index (χ4v) is 3.28. The minimum absolute atomic E-state index is 0.117. The first-order chi connectivity index (χ1) is 12.4. The molecule has 0 aliphatic carbocycles. The van der Waals surface area contributed by atoms with Gasteiger partial charge in [-0.05, 0) is 43.7 Å². The molecule has 3 rings (SSSR count). The van der Waals surface area contributed by atoms with Gasteiger partial charge >= 0.3 is 12.1 Å². The Morgan fingerprint density at radius 1 is 1.19 bits per heavy atom. The van der Waals surface area contributed by atoms with Gasteiger partial charge in [0.15, 0.2) is 0 Å². The lowest BCUT2D eigenvalue weighted by molar-refractivity contribution is -0.138. The molecule has 0 spiro atoms. The molecule has 142 valence electrons. The fraction of sp³-hybridized carbons (Fsp3) is 0.263. The number of anilines is 1. The molecule has 0 saturated carbocycles. The highest BCUT2D eigenvalue weighted by atomic mass is 19.4. The zero-order valence-electron chi connectivity index (χ0n) is 14.4. The lowest BCUT2D eigenvalue weighted by atomic mass is 9.86. The van der Waals surface area contributed by atoms with Crippen molar-refractivity contribution in [1.82, 2.24) is 0 Å². The van der Waals surface area contributed by atoms with E-state index in [2.05, 4.69) is 0 Å². The maximum atomic E-state index is 14.2. The van der Waals surface area contributed by atoms with Gasteiger partial charge in [-0.1, -0.05) is 12.1 Å². The summed E-state index contributed by atoms with van der Waals surface area (Å²) < 4.78 is 54.0. The van der Waals surface area contributed by atoms with Crippen LogP contribution in [0.15, 0.2) is 36.4 Å². The second-order valence-electron chi connectivity index (χ2n) is 6.82. The first-order valence-electron chi connectivity index (χ1n) is 7.99. The van der Waals surface area contributed by atoms with Crippen molar-refractivity contribution in [2.24, 2.45) is 0 Å². The number of halogens is 4. The van der Waals surface area contributed by atoms with Gasteiger partial charge in [-0.3, -0.25) is 4.79 Å². The van der Waals surface area contributed by atoms with Crippen LogP contribution >= 0.6 is 0 Å². The molecule has 0 bridgehead atoms. The minimum atomic E-state index is -4.79.